The van der Waals surface area contributed by atoms with Gasteiger partial charge in [0.15, 0.2) is 17.2 Å². The van der Waals surface area contributed by atoms with Crippen molar-refractivity contribution in [2.45, 2.75) is 0 Å². The first-order valence-electron chi connectivity index (χ1n) is 10.1. The second-order valence-corrected chi connectivity index (χ2v) is 7.42. The van der Waals surface area contributed by atoms with Gasteiger partial charge in [0.1, 0.15) is 5.69 Å². The molecule has 2 aromatic heterocycles. The third-order valence-corrected chi connectivity index (χ3v) is 5.02. The van der Waals surface area contributed by atoms with Crippen LogP contribution in [-0.4, -0.2) is 58.3 Å². The lowest BCUT2D eigenvalue weighted by molar-refractivity contribution is 0.0950. The van der Waals surface area contributed by atoms with Gasteiger partial charge in [0.05, 0.1) is 6.21 Å². The van der Waals surface area contributed by atoms with Crippen molar-refractivity contribution in [3.63, 3.8) is 0 Å². The van der Waals surface area contributed by atoms with Crippen LogP contribution in [0.5, 0.6) is 11.5 Å². The summed E-state index contributed by atoms with van der Waals surface area (Å²) in [6.07, 6.45) is 1.53. The highest BCUT2D eigenvalue weighted by molar-refractivity contribution is 5.99. The second-order valence-electron chi connectivity index (χ2n) is 7.42. The molecule has 0 unspecified atom stereocenters. The fraction of sp³-hybridized carbons (Fsp3) is 0.143. The third kappa shape index (κ3) is 3.85. The number of carbonyl (C=O) groups excluding carboxylic acids is 1. The van der Waals surface area contributed by atoms with E-state index in [-0.39, 0.29) is 24.1 Å². The summed E-state index contributed by atoms with van der Waals surface area (Å²) in [6, 6.07) is 12.8. The number of benzene rings is 2. The van der Waals surface area contributed by atoms with Gasteiger partial charge in [0, 0.05) is 25.3 Å². The van der Waals surface area contributed by atoms with Gasteiger partial charge in [-0.3, -0.25) is 4.79 Å². The molecule has 0 bridgehead atoms. The van der Waals surface area contributed by atoms with Crippen molar-refractivity contribution in [1.29, 1.82) is 0 Å². The van der Waals surface area contributed by atoms with Gasteiger partial charge in [-0.2, -0.15) is 9.78 Å². The van der Waals surface area contributed by atoms with E-state index in [2.05, 4.69) is 35.8 Å². The van der Waals surface area contributed by atoms with Crippen molar-refractivity contribution in [3.05, 3.63) is 53.7 Å². The Labute approximate surface area is 192 Å². The van der Waals surface area contributed by atoms with Crippen LogP contribution in [0.2, 0.25) is 0 Å². The topological polar surface area (TPSA) is 159 Å². The number of nitrogen functional groups attached to an aromatic ring is 1. The zero-order chi connectivity index (χ0) is 23.7. The number of hydrazone groups is 1. The lowest BCUT2D eigenvalue weighted by Crippen LogP contribution is -2.19. The molecule has 172 valence electrons. The number of nitrogens with zero attached hydrogens (tertiary/aromatic N) is 7. The number of aromatic nitrogens is 5. The molecule has 13 heteroatoms. The summed E-state index contributed by atoms with van der Waals surface area (Å²) in [7, 11) is 3.91. The van der Waals surface area contributed by atoms with E-state index in [1.807, 2.05) is 43.3 Å². The number of rotatable bonds is 6. The van der Waals surface area contributed by atoms with Crippen LogP contribution in [0, 0.1) is 0 Å². The minimum absolute atomic E-state index is 0.0126. The number of carbonyl (C=O) groups is 1. The predicted molar refractivity (Wildman–Crippen MR) is 121 cm³/mol. The van der Waals surface area contributed by atoms with Crippen LogP contribution in [-0.2, 0) is 0 Å². The van der Waals surface area contributed by atoms with Crippen molar-refractivity contribution in [3.8, 4) is 28.6 Å². The van der Waals surface area contributed by atoms with Gasteiger partial charge in [0.2, 0.25) is 18.4 Å². The molecule has 13 nitrogen and oxygen atoms in total. The number of ether oxygens (including phenoxy) is 2. The van der Waals surface area contributed by atoms with Gasteiger partial charge in [0.25, 0.3) is 5.91 Å². The van der Waals surface area contributed by atoms with Crippen molar-refractivity contribution in [2.24, 2.45) is 5.10 Å². The average Bonchev–Trinajstić information content (AvgIpc) is 3.57. The number of amides is 1. The van der Waals surface area contributed by atoms with E-state index < -0.39 is 5.91 Å². The van der Waals surface area contributed by atoms with E-state index in [0.29, 0.717) is 22.8 Å². The molecule has 1 aliphatic heterocycles. The molecule has 0 radical (unpaired) electrons. The molecule has 34 heavy (non-hydrogen) atoms. The van der Waals surface area contributed by atoms with Crippen LogP contribution in [0.25, 0.3) is 17.1 Å². The molecule has 3 N–H and O–H groups in total. The lowest BCUT2D eigenvalue weighted by Gasteiger charge is -2.11. The zero-order valence-corrected chi connectivity index (χ0v) is 18.2. The molecule has 2 aromatic carbocycles. The summed E-state index contributed by atoms with van der Waals surface area (Å²) < 4.78 is 16.8. The SMILES string of the molecule is CN(C)c1ccc(/C=N/NC(=O)c2nnn(-c3nonc3N)c2-c2ccc3c(c2)OCO3)cc1. The molecular weight excluding hydrogens is 442 g/mol. The van der Waals surface area contributed by atoms with E-state index in [1.54, 1.807) is 18.2 Å². The van der Waals surface area contributed by atoms with Gasteiger partial charge >= 0.3 is 0 Å². The number of hydrogen-bond acceptors (Lipinski definition) is 11. The number of hydrogen-bond donors (Lipinski definition) is 2. The van der Waals surface area contributed by atoms with E-state index in [4.69, 9.17) is 15.2 Å². The van der Waals surface area contributed by atoms with Crippen molar-refractivity contribution >= 4 is 23.6 Å². The van der Waals surface area contributed by atoms with Crippen LogP contribution >= 0.6 is 0 Å². The smallest absolute Gasteiger partial charge is 0.294 e. The highest BCUT2D eigenvalue weighted by atomic mass is 16.7. The van der Waals surface area contributed by atoms with Crippen LogP contribution in [0.4, 0.5) is 11.5 Å². The van der Waals surface area contributed by atoms with Gasteiger partial charge in [-0.15, -0.1) is 5.10 Å². The Morgan fingerprint density at radius 2 is 1.94 bits per heavy atom. The Morgan fingerprint density at radius 3 is 2.68 bits per heavy atom. The van der Waals surface area contributed by atoms with E-state index in [1.165, 1.54) is 10.9 Å². The fourth-order valence-corrected chi connectivity index (χ4v) is 3.30. The van der Waals surface area contributed by atoms with Crippen LogP contribution in [0.15, 0.2) is 52.2 Å². The molecule has 0 saturated carbocycles. The predicted octanol–water partition coefficient (Wildman–Crippen LogP) is 1.46. The largest absolute Gasteiger partial charge is 0.454 e. The molecule has 0 saturated heterocycles. The Hall–Kier alpha value is -4.94. The minimum atomic E-state index is -0.588. The number of nitrogens with one attached hydrogen (secondary N) is 1. The van der Waals surface area contributed by atoms with Crippen molar-refractivity contribution in [1.82, 2.24) is 30.7 Å². The highest BCUT2D eigenvalue weighted by Crippen LogP contribution is 2.37. The Morgan fingerprint density at radius 1 is 1.15 bits per heavy atom. The normalized spacial score (nSPS) is 12.3. The monoisotopic (exact) mass is 461 g/mol. The molecule has 1 amide bonds. The summed E-state index contributed by atoms with van der Waals surface area (Å²) in [5.74, 6) is 0.583. The van der Waals surface area contributed by atoms with Crippen LogP contribution < -0.4 is 25.5 Å². The quantitative estimate of drug-likeness (QED) is 0.318. The van der Waals surface area contributed by atoms with Crippen molar-refractivity contribution < 1.29 is 18.9 Å². The molecule has 5 rings (SSSR count). The molecule has 0 fully saturated rings. The van der Waals surface area contributed by atoms with E-state index >= 15 is 0 Å². The van der Waals surface area contributed by atoms with Crippen LogP contribution in [0.1, 0.15) is 16.1 Å². The minimum Gasteiger partial charge on any atom is -0.454 e. The maximum Gasteiger partial charge on any atom is 0.294 e. The molecule has 4 aromatic rings. The molecule has 1 aliphatic rings. The Balaban J connectivity index is 1.46. The molecule has 3 heterocycles. The summed E-state index contributed by atoms with van der Waals surface area (Å²) in [5, 5.41) is 19.4. The van der Waals surface area contributed by atoms with E-state index in [0.717, 1.165) is 11.3 Å². The molecular formula is C21H19N9O4. The lowest BCUT2D eigenvalue weighted by atomic mass is 10.1. The fourth-order valence-electron chi connectivity index (χ4n) is 3.30. The Kier molecular flexibility index (Phi) is 5.26. The van der Waals surface area contributed by atoms with Crippen molar-refractivity contribution in [2.75, 3.05) is 31.5 Å². The summed E-state index contributed by atoms with van der Waals surface area (Å²) in [4.78, 5) is 15.0. The van der Waals surface area contributed by atoms with E-state index in [9.17, 15) is 4.79 Å². The molecule has 0 spiro atoms. The first kappa shape index (κ1) is 20.9. The van der Waals surface area contributed by atoms with Gasteiger partial charge < -0.3 is 20.1 Å². The van der Waals surface area contributed by atoms with Gasteiger partial charge in [-0.1, -0.05) is 17.3 Å². The number of fused-ring (bicyclic) bond motifs is 1. The summed E-state index contributed by atoms with van der Waals surface area (Å²) in [5.41, 5.74) is 11.0. The first-order valence-corrected chi connectivity index (χ1v) is 10.1. The maximum absolute atomic E-state index is 13.0. The standard InChI is InChI=1S/C21H19N9O4/c1-29(2)14-6-3-12(4-7-14)10-23-25-21(31)17-18(13-5-8-15-16(9-13)33-11-32-15)30(28-24-17)20-19(22)26-34-27-20/h3-10H,11H2,1-2H3,(H2,22,26)(H,25,31)/b23-10+. The summed E-state index contributed by atoms with van der Waals surface area (Å²) in [6.45, 7) is 0.105. The maximum atomic E-state index is 13.0. The molecule has 0 atom stereocenters. The first-order chi connectivity index (χ1) is 16.5. The second kappa shape index (κ2) is 8.54. The zero-order valence-electron chi connectivity index (χ0n) is 18.2. The summed E-state index contributed by atoms with van der Waals surface area (Å²) >= 11 is 0. The average molecular weight is 461 g/mol. The number of anilines is 2. The molecule has 0 aliphatic carbocycles. The Bertz CT molecular complexity index is 1380. The van der Waals surface area contributed by atoms with Gasteiger partial charge in [-0.05, 0) is 46.2 Å². The van der Waals surface area contributed by atoms with Crippen LogP contribution in [0.3, 0.4) is 0 Å². The third-order valence-electron chi connectivity index (χ3n) is 5.02. The number of nitrogens with two attached hydrogens (primary N) is 1. The highest BCUT2D eigenvalue weighted by Gasteiger charge is 2.26. The van der Waals surface area contributed by atoms with Gasteiger partial charge in [-0.25, -0.2) is 10.1 Å².